The zero-order valence-corrected chi connectivity index (χ0v) is 12.7. The molecule has 0 radical (unpaired) electrons. The van der Waals surface area contributed by atoms with E-state index in [4.69, 9.17) is 9.47 Å². The fourth-order valence-electron chi connectivity index (χ4n) is 1.58. The molecule has 0 atom stereocenters. The highest BCUT2D eigenvalue weighted by Crippen LogP contribution is 2.22. The molecule has 0 aromatic heterocycles. The topological polar surface area (TPSA) is 61.8 Å². The van der Waals surface area contributed by atoms with Crippen LogP contribution in [0, 0.1) is 0 Å². The van der Waals surface area contributed by atoms with E-state index in [1.807, 2.05) is 12.2 Å². The molecular weight excluding hydrogens is 260 g/mol. The summed E-state index contributed by atoms with van der Waals surface area (Å²) in [5.74, 6) is 0.957. The Morgan fingerprint density at radius 1 is 1.20 bits per heavy atom. The van der Waals surface area contributed by atoms with Crippen LogP contribution in [0.15, 0.2) is 35.3 Å². The number of esters is 1. The minimum atomic E-state index is -0.211. The van der Waals surface area contributed by atoms with Gasteiger partial charge in [-0.15, -0.1) is 0 Å². The lowest BCUT2D eigenvalue weighted by molar-refractivity contribution is -0.140. The summed E-state index contributed by atoms with van der Waals surface area (Å²) in [6.45, 7) is 5.16. The van der Waals surface area contributed by atoms with E-state index < -0.39 is 0 Å². The van der Waals surface area contributed by atoms with Gasteiger partial charge in [0, 0.05) is 13.3 Å². The van der Waals surface area contributed by atoms with Crippen LogP contribution in [-0.4, -0.2) is 32.6 Å². The molecule has 20 heavy (non-hydrogen) atoms. The van der Waals surface area contributed by atoms with Crippen molar-refractivity contribution in [2.45, 2.75) is 27.2 Å². The second kappa shape index (κ2) is 9.83. The van der Waals surface area contributed by atoms with Crippen molar-refractivity contribution in [2.24, 2.45) is 0 Å². The van der Waals surface area contributed by atoms with Crippen LogP contribution in [0.4, 0.5) is 0 Å². The number of ketones is 1. The Balaban J connectivity index is 0.000000511. The molecule has 0 saturated carbocycles. The van der Waals surface area contributed by atoms with Crippen molar-refractivity contribution in [3.8, 4) is 0 Å². The van der Waals surface area contributed by atoms with Gasteiger partial charge >= 0.3 is 5.97 Å². The maximum absolute atomic E-state index is 11.4. The van der Waals surface area contributed by atoms with E-state index >= 15 is 0 Å². The van der Waals surface area contributed by atoms with Crippen molar-refractivity contribution in [3.63, 3.8) is 0 Å². The van der Waals surface area contributed by atoms with Crippen LogP contribution in [0.5, 0.6) is 0 Å². The molecule has 112 valence electrons. The lowest BCUT2D eigenvalue weighted by Gasteiger charge is -2.11. The Morgan fingerprint density at radius 2 is 1.85 bits per heavy atom. The fraction of sp³-hybridized carbons (Fsp3) is 0.467. The first-order valence-corrected chi connectivity index (χ1v) is 6.30. The maximum Gasteiger partial charge on any atom is 0.302 e. The lowest BCUT2D eigenvalue weighted by Crippen LogP contribution is -2.06. The normalized spacial score (nSPS) is 13.6. The van der Waals surface area contributed by atoms with Gasteiger partial charge in [-0.2, -0.15) is 0 Å². The standard InChI is InChI=1S/C11H14O3.C4H8O2/c1-8(12)11-9(13-2)6-4-5-7-10(11)14-3;1-3-6-4(2)5/h4-6H,7H2,1-3H3;3H2,1-2H3. The van der Waals surface area contributed by atoms with Crippen LogP contribution in [0.25, 0.3) is 0 Å². The van der Waals surface area contributed by atoms with E-state index in [0.29, 0.717) is 30.1 Å². The molecule has 1 aliphatic carbocycles. The Kier molecular flexibility index (Phi) is 8.83. The molecule has 0 N–H and O–H groups in total. The average Bonchev–Trinajstić information content (AvgIpc) is 2.60. The van der Waals surface area contributed by atoms with Crippen LogP contribution in [0.3, 0.4) is 0 Å². The van der Waals surface area contributed by atoms with Gasteiger partial charge in [-0.1, -0.05) is 12.2 Å². The number of hydrogen-bond acceptors (Lipinski definition) is 5. The van der Waals surface area contributed by atoms with Crippen molar-refractivity contribution >= 4 is 11.8 Å². The highest BCUT2D eigenvalue weighted by Gasteiger charge is 2.18. The molecule has 0 fully saturated rings. The maximum atomic E-state index is 11.4. The van der Waals surface area contributed by atoms with E-state index in [1.54, 1.807) is 27.2 Å². The lowest BCUT2D eigenvalue weighted by atomic mass is 10.1. The predicted molar refractivity (Wildman–Crippen MR) is 75.9 cm³/mol. The van der Waals surface area contributed by atoms with Gasteiger partial charge in [-0.05, 0) is 19.9 Å². The second-order valence-electron chi connectivity index (χ2n) is 3.85. The molecule has 0 heterocycles. The van der Waals surface area contributed by atoms with Crippen LogP contribution in [0.2, 0.25) is 0 Å². The van der Waals surface area contributed by atoms with E-state index in [0.717, 1.165) is 0 Å². The van der Waals surface area contributed by atoms with Gasteiger partial charge in [0.2, 0.25) is 0 Å². The number of allylic oxidation sites excluding steroid dienone is 4. The number of carbonyl (C=O) groups is 2. The molecule has 0 spiro atoms. The minimum Gasteiger partial charge on any atom is -0.500 e. The van der Waals surface area contributed by atoms with Crippen LogP contribution in [0.1, 0.15) is 27.2 Å². The number of hydrogen-bond donors (Lipinski definition) is 0. The van der Waals surface area contributed by atoms with Gasteiger partial charge in [0.1, 0.15) is 11.5 Å². The zero-order chi connectivity index (χ0) is 15.5. The zero-order valence-electron chi connectivity index (χ0n) is 12.7. The Hall–Kier alpha value is -2.04. The Labute approximate surface area is 119 Å². The number of ether oxygens (including phenoxy) is 3. The molecular formula is C15H22O5. The summed E-state index contributed by atoms with van der Waals surface area (Å²) in [6.07, 6.45) is 6.17. The number of rotatable bonds is 4. The van der Waals surface area contributed by atoms with Crippen molar-refractivity contribution < 1.29 is 23.8 Å². The van der Waals surface area contributed by atoms with Crippen LogP contribution >= 0.6 is 0 Å². The minimum absolute atomic E-state index is 0.0429. The van der Waals surface area contributed by atoms with Gasteiger partial charge in [0.15, 0.2) is 5.78 Å². The Bertz CT molecular complexity index is 430. The average molecular weight is 282 g/mol. The first-order chi connectivity index (χ1) is 9.47. The molecule has 0 amide bonds. The van der Waals surface area contributed by atoms with E-state index in [-0.39, 0.29) is 11.8 Å². The highest BCUT2D eigenvalue weighted by atomic mass is 16.5. The largest absolute Gasteiger partial charge is 0.500 e. The van der Waals surface area contributed by atoms with Crippen LogP contribution < -0.4 is 0 Å². The molecule has 1 aliphatic rings. The highest BCUT2D eigenvalue weighted by molar-refractivity contribution is 5.97. The SMILES string of the molecule is CCOC(C)=O.COC1=CC=CCC(OC)=C1C(C)=O. The Morgan fingerprint density at radius 3 is 2.20 bits per heavy atom. The predicted octanol–water partition coefficient (Wildman–Crippen LogP) is 2.54. The van der Waals surface area contributed by atoms with Crippen molar-refractivity contribution in [3.05, 3.63) is 35.3 Å². The third-order valence-electron chi connectivity index (χ3n) is 2.38. The molecule has 0 saturated heterocycles. The number of Topliss-reactive ketones (excluding diaryl/α,β-unsaturated/α-hetero) is 1. The third kappa shape index (κ3) is 6.22. The van der Waals surface area contributed by atoms with E-state index in [1.165, 1.54) is 13.8 Å². The van der Waals surface area contributed by atoms with E-state index in [9.17, 15) is 9.59 Å². The first kappa shape index (κ1) is 18.0. The first-order valence-electron chi connectivity index (χ1n) is 6.30. The summed E-state index contributed by atoms with van der Waals surface area (Å²) in [4.78, 5) is 21.2. The number of methoxy groups -OCH3 is 2. The van der Waals surface area contributed by atoms with Gasteiger partial charge in [0.25, 0.3) is 0 Å². The van der Waals surface area contributed by atoms with Crippen molar-refractivity contribution in [1.82, 2.24) is 0 Å². The monoisotopic (exact) mass is 282 g/mol. The number of carbonyl (C=O) groups excluding carboxylic acids is 2. The molecule has 1 rings (SSSR count). The molecule has 0 aromatic rings. The summed E-state index contributed by atoms with van der Waals surface area (Å²) in [5.41, 5.74) is 0.528. The fourth-order valence-corrected chi connectivity index (χ4v) is 1.58. The molecule has 5 heteroatoms. The molecule has 0 aromatic carbocycles. The van der Waals surface area contributed by atoms with E-state index in [2.05, 4.69) is 4.74 Å². The smallest absolute Gasteiger partial charge is 0.302 e. The summed E-state index contributed by atoms with van der Waals surface area (Å²) < 4.78 is 14.7. The van der Waals surface area contributed by atoms with Crippen molar-refractivity contribution in [1.29, 1.82) is 0 Å². The van der Waals surface area contributed by atoms with Gasteiger partial charge < -0.3 is 14.2 Å². The van der Waals surface area contributed by atoms with Gasteiger partial charge in [0.05, 0.1) is 26.4 Å². The second-order valence-corrected chi connectivity index (χ2v) is 3.85. The summed E-state index contributed by atoms with van der Waals surface area (Å²) in [7, 11) is 3.10. The van der Waals surface area contributed by atoms with Crippen LogP contribution in [-0.2, 0) is 23.8 Å². The molecule has 0 bridgehead atoms. The molecule has 0 aliphatic heterocycles. The van der Waals surface area contributed by atoms with Crippen molar-refractivity contribution in [2.75, 3.05) is 20.8 Å². The molecule has 5 nitrogen and oxygen atoms in total. The van der Waals surface area contributed by atoms with Gasteiger partial charge in [-0.25, -0.2) is 0 Å². The summed E-state index contributed by atoms with van der Waals surface area (Å²) >= 11 is 0. The third-order valence-corrected chi connectivity index (χ3v) is 2.38. The quantitative estimate of drug-likeness (QED) is 0.741. The summed E-state index contributed by atoms with van der Waals surface area (Å²) in [6, 6.07) is 0. The van der Waals surface area contributed by atoms with Gasteiger partial charge in [-0.3, -0.25) is 9.59 Å². The molecule has 0 unspecified atom stereocenters. The summed E-state index contributed by atoms with van der Waals surface area (Å²) in [5, 5.41) is 0.